The van der Waals surface area contributed by atoms with E-state index in [0.29, 0.717) is 54.4 Å². The zero-order chi connectivity index (χ0) is 30.9. The van der Waals surface area contributed by atoms with Gasteiger partial charge in [-0.15, -0.1) is 0 Å². The molecular formula is C33H38ClN3O6S. The van der Waals surface area contributed by atoms with Crippen molar-refractivity contribution in [1.29, 1.82) is 0 Å². The maximum atomic E-state index is 13.3. The summed E-state index contributed by atoms with van der Waals surface area (Å²) < 4.78 is 44.3. The van der Waals surface area contributed by atoms with Crippen molar-refractivity contribution in [1.82, 2.24) is 9.80 Å². The van der Waals surface area contributed by atoms with Crippen LogP contribution in [-0.2, 0) is 25.1 Å². The predicted molar refractivity (Wildman–Crippen MR) is 168 cm³/mol. The zero-order valence-electron chi connectivity index (χ0n) is 24.8. The molecule has 0 saturated carbocycles. The number of methoxy groups -OCH3 is 1. The van der Waals surface area contributed by atoms with Crippen molar-refractivity contribution >= 4 is 33.0 Å². The molecule has 1 amide bonds. The number of hydrogen-bond acceptors (Lipinski definition) is 8. The lowest BCUT2D eigenvalue weighted by atomic mass is 9.83. The van der Waals surface area contributed by atoms with Crippen LogP contribution in [0.4, 0.5) is 5.69 Å². The average Bonchev–Trinajstić information content (AvgIpc) is 3.57. The van der Waals surface area contributed by atoms with E-state index in [0.717, 1.165) is 44.3 Å². The molecule has 3 aromatic carbocycles. The Labute approximate surface area is 263 Å². The van der Waals surface area contributed by atoms with Crippen molar-refractivity contribution in [3.05, 3.63) is 82.9 Å². The average molecular weight is 640 g/mol. The molecule has 11 heteroatoms. The molecular weight excluding hydrogens is 602 g/mol. The molecule has 3 saturated heterocycles. The van der Waals surface area contributed by atoms with E-state index in [9.17, 15) is 13.2 Å². The molecule has 0 aliphatic carbocycles. The number of hydrogen-bond donors (Lipinski definition) is 1. The first kappa shape index (κ1) is 30.9. The number of anilines is 1. The van der Waals surface area contributed by atoms with Crippen LogP contribution >= 0.6 is 11.6 Å². The second-order valence-electron chi connectivity index (χ2n) is 11.6. The fourth-order valence-electron chi connectivity index (χ4n) is 6.78. The molecule has 0 spiro atoms. The van der Waals surface area contributed by atoms with E-state index in [4.69, 9.17) is 31.5 Å². The second-order valence-corrected chi connectivity index (χ2v) is 14.0. The molecule has 44 heavy (non-hydrogen) atoms. The minimum atomic E-state index is -3.68. The Morgan fingerprint density at radius 2 is 1.48 bits per heavy atom. The molecule has 3 aromatic rings. The largest absolute Gasteiger partial charge is 0.497 e. The molecule has 0 aromatic heterocycles. The number of piperidine rings is 2. The summed E-state index contributed by atoms with van der Waals surface area (Å²) in [6.07, 6.45) is 3.59. The Balaban J connectivity index is 1.08. The maximum Gasteiger partial charge on any atom is 0.255 e. The van der Waals surface area contributed by atoms with Gasteiger partial charge in [-0.05, 0) is 93.4 Å². The van der Waals surface area contributed by atoms with Gasteiger partial charge in [-0.1, -0.05) is 23.7 Å². The first-order valence-corrected chi connectivity index (χ1v) is 16.9. The van der Waals surface area contributed by atoms with E-state index in [1.807, 2.05) is 17.0 Å². The molecule has 0 radical (unpaired) electrons. The number of halogens is 1. The Hall–Kier alpha value is -3.15. The monoisotopic (exact) mass is 639 g/mol. The molecule has 0 bridgehead atoms. The van der Waals surface area contributed by atoms with Crippen LogP contribution in [0.5, 0.6) is 5.75 Å². The van der Waals surface area contributed by atoms with Crippen LogP contribution in [0, 0.1) is 5.92 Å². The fourth-order valence-corrected chi connectivity index (χ4v) is 8.24. The number of rotatable bonds is 7. The molecule has 3 aliphatic rings. The van der Waals surface area contributed by atoms with E-state index in [-0.39, 0.29) is 21.6 Å². The summed E-state index contributed by atoms with van der Waals surface area (Å²) in [4.78, 5) is 17.9. The van der Waals surface area contributed by atoms with Gasteiger partial charge in [0.15, 0.2) is 5.79 Å². The highest BCUT2D eigenvalue weighted by atomic mass is 35.5. The van der Waals surface area contributed by atoms with Crippen LogP contribution < -0.4 is 10.5 Å². The van der Waals surface area contributed by atoms with Gasteiger partial charge in [0, 0.05) is 36.3 Å². The minimum Gasteiger partial charge on any atom is -0.497 e. The van der Waals surface area contributed by atoms with E-state index in [1.165, 1.54) is 0 Å². The standard InChI is InChI=1S/C33H38ClN3O6S/c1-41-27-5-9-29(10-6-27)44(39,40)28-7-2-23(3-8-28)33(42-20-21-43-33)24-12-16-36(17-13-24)26-14-18-37(19-15-26)32(38)30-22-25(35)4-11-31(30)34/h2-11,22,24,26H,12-21,35H2,1H3. The number of ether oxygens (including phenoxy) is 3. The number of nitrogen functional groups attached to an aromatic ring is 1. The summed E-state index contributed by atoms with van der Waals surface area (Å²) in [5, 5.41) is 0.423. The third-order valence-corrected chi connectivity index (χ3v) is 11.3. The lowest BCUT2D eigenvalue weighted by molar-refractivity contribution is -0.215. The van der Waals surface area contributed by atoms with E-state index in [2.05, 4.69) is 4.90 Å². The number of nitrogens with zero attached hydrogens (tertiary/aromatic N) is 2. The Bertz CT molecular complexity index is 1580. The molecule has 9 nitrogen and oxygen atoms in total. The van der Waals surface area contributed by atoms with Gasteiger partial charge < -0.3 is 29.7 Å². The minimum absolute atomic E-state index is 0.0697. The van der Waals surface area contributed by atoms with Crippen LogP contribution in [0.15, 0.2) is 76.5 Å². The Morgan fingerprint density at radius 3 is 2.07 bits per heavy atom. The first-order valence-electron chi connectivity index (χ1n) is 15.1. The predicted octanol–water partition coefficient (Wildman–Crippen LogP) is 4.98. The number of sulfone groups is 1. The number of carbonyl (C=O) groups is 1. The van der Waals surface area contributed by atoms with Crippen molar-refractivity contribution in [2.75, 3.05) is 52.2 Å². The lowest BCUT2D eigenvalue weighted by Gasteiger charge is -2.45. The summed E-state index contributed by atoms with van der Waals surface area (Å²) in [5.74, 6) is -0.221. The SMILES string of the molecule is COc1ccc(S(=O)(=O)c2ccc(C3(C4CCN(C5CCN(C(=O)c6cc(N)ccc6Cl)CC5)CC4)OCCO3)cc2)cc1. The van der Waals surface area contributed by atoms with E-state index < -0.39 is 15.6 Å². The summed E-state index contributed by atoms with van der Waals surface area (Å²) in [5.41, 5.74) is 7.71. The summed E-state index contributed by atoms with van der Waals surface area (Å²) in [6, 6.07) is 18.8. The van der Waals surface area contributed by atoms with Crippen molar-refractivity contribution in [2.45, 2.75) is 47.3 Å². The van der Waals surface area contributed by atoms with E-state index in [1.54, 1.807) is 61.7 Å². The van der Waals surface area contributed by atoms with Crippen LogP contribution in [0.1, 0.15) is 41.6 Å². The van der Waals surface area contributed by atoms with Crippen LogP contribution in [-0.4, -0.2) is 76.7 Å². The highest BCUT2D eigenvalue weighted by Gasteiger charge is 2.47. The van der Waals surface area contributed by atoms with Gasteiger partial charge in [0.1, 0.15) is 5.75 Å². The molecule has 0 atom stereocenters. The first-order chi connectivity index (χ1) is 21.2. The van der Waals surface area contributed by atoms with Gasteiger partial charge in [0.05, 0.1) is 40.7 Å². The van der Waals surface area contributed by atoms with Gasteiger partial charge in [-0.25, -0.2) is 8.42 Å². The van der Waals surface area contributed by atoms with Crippen molar-refractivity contribution < 1.29 is 27.4 Å². The molecule has 3 aliphatic heterocycles. The summed E-state index contributed by atoms with van der Waals surface area (Å²) >= 11 is 6.28. The normalized spacial score (nSPS) is 20.1. The van der Waals surface area contributed by atoms with E-state index >= 15 is 0 Å². The molecule has 2 N–H and O–H groups in total. The topological polar surface area (TPSA) is 111 Å². The number of carbonyl (C=O) groups excluding carboxylic acids is 1. The third kappa shape index (κ3) is 5.93. The van der Waals surface area contributed by atoms with Gasteiger partial charge in [-0.3, -0.25) is 4.79 Å². The smallest absolute Gasteiger partial charge is 0.255 e. The van der Waals surface area contributed by atoms with Crippen molar-refractivity contribution in [3.63, 3.8) is 0 Å². The number of amides is 1. The Morgan fingerprint density at radius 1 is 0.886 bits per heavy atom. The Kier molecular flexibility index (Phi) is 8.90. The highest BCUT2D eigenvalue weighted by molar-refractivity contribution is 7.91. The van der Waals surface area contributed by atoms with Crippen molar-refractivity contribution in [2.24, 2.45) is 5.92 Å². The number of nitrogens with two attached hydrogens (primary N) is 1. The molecule has 3 heterocycles. The van der Waals surface area contributed by atoms with Crippen LogP contribution in [0.25, 0.3) is 0 Å². The number of benzene rings is 3. The number of likely N-dealkylation sites (tertiary alicyclic amines) is 2. The molecule has 3 fully saturated rings. The molecule has 6 rings (SSSR count). The van der Waals surface area contributed by atoms with Gasteiger partial charge >= 0.3 is 0 Å². The highest BCUT2D eigenvalue weighted by Crippen LogP contribution is 2.44. The lowest BCUT2D eigenvalue weighted by Crippen LogP contribution is -2.51. The summed E-state index contributed by atoms with van der Waals surface area (Å²) in [7, 11) is -2.13. The quantitative estimate of drug-likeness (QED) is 0.361. The second kappa shape index (κ2) is 12.7. The van der Waals surface area contributed by atoms with Gasteiger partial charge in [0.2, 0.25) is 9.84 Å². The molecule has 0 unspecified atom stereocenters. The maximum absolute atomic E-state index is 13.3. The third-order valence-electron chi connectivity index (χ3n) is 9.21. The summed E-state index contributed by atoms with van der Waals surface area (Å²) in [6.45, 7) is 4.16. The van der Waals surface area contributed by atoms with Crippen molar-refractivity contribution in [3.8, 4) is 5.75 Å². The fraction of sp³-hybridized carbons (Fsp3) is 0.424. The zero-order valence-corrected chi connectivity index (χ0v) is 26.4. The van der Waals surface area contributed by atoms with Gasteiger partial charge in [-0.2, -0.15) is 0 Å². The van der Waals surface area contributed by atoms with Crippen LogP contribution in [0.2, 0.25) is 5.02 Å². The van der Waals surface area contributed by atoms with Gasteiger partial charge in [0.25, 0.3) is 5.91 Å². The molecule has 234 valence electrons. The van der Waals surface area contributed by atoms with Crippen LogP contribution in [0.3, 0.4) is 0 Å².